The van der Waals surface area contributed by atoms with Crippen LogP contribution in [0.25, 0.3) is 0 Å². The topological polar surface area (TPSA) is 29.3 Å². The molecule has 4 fully saturated rings. The van der Waals surface area contributed by atoms with Gasteiger partial charge in [-0.05, 0) is 30.4 Å². The Balaban J connectivity index is 1.62. The van der Waals surface area contributed by atoms with Gasteiger partial charge in [-0.3, -0.25) is 4.90 Å². The Morgan fingerprint density at radius 2 is 2.00 bits per heavy atom. The molecule has 4 aliphatic rings. The van der Waals surface area contributed by atoms with Gasteiger partial charge < -0.3 is 5.73 Å². The third kappa shape index (κ3) is 1.32. The summed E-state index contributed by atoms with van der Waals surface area (Å²) in [6.07, 6.45) is 2.83. The van der Waals surface area contributed by atoms with Crippen molar-refractivity contribution in [3.63, 3.8) is 0 Å². The average molecular weight is 198 g/mol. The number of hydrogen-bond donors (Lipinski definition) is 1. The summed E-state index contributed by atoms with van der Waals surface area (Å²) in [6.45, 7) is 2.59. The first-order chi connectivity index (χ1) is 6.34. The summed E-state index contributed by atoms with van der Waals surface area (Å²) in [5.74, 6) is 4.42. The van der Waals surface area contributed by atoms with Gasteiger partial charge in [-0.1, -0.05) is 0 Å². The lowest BCUT2D eigenvalue weighted by molar-refractivity contribution is -0.0144. The highest BCUT2D eigenvalue weighted by Crippen LogP contribution is 2.40. The molecule has 2 N–H and O–H groups in total. The molecule has 0 spiro atoms. The van der Waals surface area contributed by atoms with E-state index >= 15 is 0 Å². The zero-order chi connectivity index (χ0) is 8.84. The lowest BCUT2D eigenvalue weighted by atomic mass is 9.66. The van der Waals surface area contributed by atoms with E-state index < -0.39 is 0 Å². The van der Waals surface area contributed by atoms with E-state index in [1.54, 1.807) is 0 Å². The molecule has 13 heavy (non-hydrogen) atoms. The Morgan fingerprint density at radius 1 is 1.23 bits per heavy atom. The number of hydrogen-bond acceptors (Lipinski definition) is 3. The minimum absolute atomic E-state index is 0.547. The Morgan fingerprint density at radius 3 is 2.54 bits per heavy atom. The molecule has 3 saturated heterocycles. The maximum atomic E-state index is 6.06. The Hall–Kier alpha value is 0.270. The molecule has 1 saturated carbocycles. The molecule has 0 amide bonds. The van der Waals surface area contributed by atoms with E-state index in [4.69, 9.17) is 5.73 Å². The molecule has 4 rings (SSSR count). The third-order valence-electron chi connectivity index (χ3n) is 4.05. The van der Waals surface area contributed by atoms with Gasteiger partial charge >= 0.3 is 0 Å². The van der Waals surface area contributed by atoms with Gasteiger partial charge in [0.05, 0.1) is 0 Å². The van der Waals surface area contributed by atoms with Crippen molar-refractivity contribution < 1.29 is 0 Å². The van der Waals surface area contributed by atoms with Gasteiger partial charge in [-0.25, -0.2) is 0 Å². The highest BCUT2D eigenvalue weighted by Gasteiger charge is 2.46. The first-order valence-electron chi connectivity index (χ1n) is 5.42. The second-order valence-electron chi connectivity index (χ2n) is 4.80. The number of rotatable bonds is 1. The van der Waals surface area contributed by atoms with Crippen LogP contribution in [-0.2, 0) is 0 Å². The number of nitrogens with zero attached hydrogens (tertiary/aromatic N) is 1. The van der Waals surface area contributed by atoms with E-state index in [-0.39, 0.29) is 0 Å². The molecule has 2 nitrogen and oxygen atoms in total. The van der Waals surface area contributed by atoms with Crippen molar-refractivity contribution in [2.24, 2.45) is 17.6 Å². The molecule has 0 aromatic rings. The van der Waals surface area contributed by atoms with Crippen molar-refractivity contribution in [1.82, 2.24) is 4.90 Å². The van der Waals surface area contributed by atoms with Crippen LogP contribution in [0.3, 0.4) is 0 Å². The van der Waals surface area contributed by atoms with Gasteiger partial charge in [0.25, 0.3) is 0 Å². The van der Waals surface area contributed by atoms with Gasteiger partial charge in [0.15, 0.2) is 0 Å². The molecule has 3 aliphatic heterocycles. The van der Waals surface area contributed by atoms with Gasteiger partial charge in [-0.15, -0.1) is 0 Å². The highest BCUT2D eigenvalue weighted by molar-refractivity contribution is 7.99. The van der Waals surface area contributed by atoms with Crippen LogP contribution in [0, 0.1) is 11.8 Å². The summed E-state index contributed by atoms with van der Waals surface area (Å²) < 4.78 is 0. The monoisotopic (exact) mass is 198 g/mol. The van der Waals surface area contributed by atoms with Gasteiger partial charge in [-0.2, -0.15) is 11.8 Å². The Bertz CT molecular complexity index is 191. The fourth-order valence-corrected chi connectivity index (χ4v) is 4.32. The van der Waals surface area contributed by atoms with E-state index in [1.807, 2.05) is 0 Å². The van der Waals surface area contributed by atoms with E-state index in [0.717, 1.165) is 17.9 Å². The maximum absolute atomic E-state index is 6.06. The Kier molecular flexibility index (Phi) is 2.07. The van der Waals surface area contributed by atoms with Crippen LogP contribution < -0.4 is 5.73 Å². The van der Waals surface area contributed by atoms with E-state index in [2.05, 4.69) is 16.7 Å². The minimum atomic E-state index is 0.547. The zero-order valence-electron chi connectivity index (χ0n) is 7.98. The highest BCUT2D eigenvalue weighted by atomic mass is 32.2. The van der Waals surface area contributed by atoms with Crippen LogP contribution in [-0.4, -0.2) is 41.6 Å². The molecule has 74 valence electrons. The standard InChI is InChI=1S/C10H18N2S/c11-10-7-3-8(10)5-12(4-7)9-1-2-13-6-9/h7-10H,1-6,11H2. The van der Waals surface area contributed by atoms with Crippen LogP contribution in [0.5, 0.6) is 0 Å². The maximum Gasteiger partial charge on any atom is 0.0194 e. The van der Waals surface area contributed by atoms with Crippen LogP contribution in [0.4, 0.5) is 0 Å². The van der Waals surface area contributed by atoms with Crippen molar-refractivity contribution in [2.75, 3.05) is 24.6 Å². The number of nitrogens with two attached hydrogens (primary N) is 1. The van der Waals surface area contributed by atoms with Crippen LogP contribution in [0.1, 0.15) is 12.8 Å². The molecule has 0 radical (unpaired) electrons. The fraction of sp³-hybridized carbons (Fsp3) is 1.00. The predicted molar refractivity (Wildman–Crippen MR) is 56.9 cm³/mol. The fourth-order valence-electron chi connectivity index (χ4n) is 3.07. The van der Waals surface area contributed by atoms with Gasteiger partial charge in [0.1, 0.15) is 0 Å². The molecule has 0 aromatic heterocycles. The summed E-state index contributed by atoms with van der Waals surface area (Å²) in [4.78, 5) is 2.71. The lowest BCUT2D eigenvalue weighted by Gasteiger charge is -2.53. The van der Waals surface area contributed by atoms with E-state index in [1.165, 1.54) is 37.4 Å². The number of fused-ring (bicyclic) bond motifs is 2. The molecule has 1 aliphatic carbocycles. The van der Waals surface area contributed by atoms with E-state index in [0.29, 0.717) is 6.04 Å². The second-order valence-corrected chi connectivity index (χ2v) is 5.95. The van der Waals surface area contributed by atoms with Crippen LogP contribution in [0.2, 0.25) is 0 Å². The summed E-state index contributed by atoms with van der Waals surface area (Å²) in [7, 11) is 0. The molecular formula is C10H18N2S. The molecule has 3 unspecified atom stereocenters. The zero-order valence-corrected chi connectivity index (χ0v) is 8.80. The lowest BCUT2D eigenvalue weighted by Crippen LogP contribution is -2.63. The molecule has 2 bridgehead atoms. The first-order valence-corrected chi connectivity index (χ1v) is 6.57. The van der Waals surface area contributed by atoms with Crippen molar-refractivity contribution >= 4 is 11.8 Å². The molecule has 0 aromatic carbocycles. The second kappa shape index (κ2) is 3.14. The molecular weight excluding hydrogens is 180 g/mol. The van der Waals surface area contributed by atoms with Crippen LogP contribution >= 0.6 is 11.8 Å². The molecule has 3 heterocycles. The van der Waals surface area contributed by atoms with Crippen molar-refractivity contribution in [3.8, 4) is 0 Å². The first kappa shape index (κ1) is 8.57. The molecule has 3 atom stereocenters. The molecule has 3 heteroatoms. The normalized spacial score (nSPS) is 50.5. The quantitative estimate of drug-likeness (QED) is 0.675. The minimum Gasteiger partial charge on any atom is -0.327 e. The third-order valence-corrected chi connectivity index (χ3v) is 5.20. The Labute approximate surface area is 84.2 Å². The largest absolute Gasteiger partial charge is 0.327 e. The predicted octanol–water partition coefficient (Wildman–Crippen LogP) is 0.771. The van der Waals surface area contributed by atoms with Crippen molar-refractivity contribution in [3.05, 3.63) is 0 Å². The number of piperidine rings is 2. The van der Waals surface area contributed by atoms with Crippen molar-refractivity contribution in [1.29, 1.82) is 0 Å². The summed E-state index contributed by atoms with van der Waals surface area (Å²) >= 11 is 2.12. The summed E-state index contributed by atoms with van der Waals surface area (Å²) in [5, 5.41) is 0. The number of thioether (sulfide) groups is 1. The van der Waals surface area contributed by atoms with E-state index in [9.17, 15) is 0 Å². The summed E-state index contributed by atoms with van der Waals surface area (Å²) in [6, 6.07) is 1.44. The van der Waals surface area contributed by atoms with Gasteiger partial charge in [0.2, 0.25) is 0 Å². The SMILES string of the molecule is NC1C2CC1CN(C1CCSC1)C2. The van der Waals surface area contributed by atoms with Crippen molar-refractivity contribution in [2.45, 2.75) is 24.9 Å². The van der Waals surface area contributed by atoms with Gasteiger partial charge in [0, 0.05) is 30.9 Å². The van der Waals surface area contributed by atoms with Crippen LogP contribution in [0.15, 0.2) is 0 Å². The average Bonchev–Trinajstić information content (AvgIpc) is 2.70. The smallest absolute Gasteiger partial charge is 0.0194 e. The summed E-state index contributed by atoms with van der Waals surface area (Å²) in [5.41, 5.74) is 6.06.